The Morgan fingerprint density at radius 2 is 2.09 bits per heavy atom. The fourth-order valence-electron chi connectivity index (χ4n) is 5.75. The Morgan fingerprint density at radius 1 is 1.27 bits per heavy atom. The van der Waals surface area contributed by atoms with Gasteiger partial charge < -0.3 is 20.6 Å². The Kier molecular flexibility index (Phi) is 5.77. The zero-order chi connectivity index (χ0) is 23.2. The van der Waals surface area contributed by atoms with E-state index in [1.807, 2.05) is 31.2 Å². The number of hydrogen-bond acceptors (Lipinski definition) is 7. The first-order valence-corrected chi connectivity index (χ1v) is 12.3. The monoisotopic (exact) mass is 472 g/mol. The number of aliphatic hydroxyl groups excluding tert-OH is 1. The van der Waals surface area contributed by atoms with Crippen LogP contribution in [0.1, 0.15) is 26.2 Å². The summed E-state index contributed by atoms with van der Waals surface area (Å²) in [6, 6.07) is 6.73. The molecular formula is C22H28N6O4S. The number of β-amino-alcohol motifs (C(OH)–C–C–N with tert-alkyl or cyclic N) is 1. The molecule has 3 saturated heterocycles. The number of hydrogen-bond donors (Lipinski definition) is 3. The minimum absolute atomic E-state index is 0.0293. The van der Waals surface area contributed by atoms with Gasteiger partial charge in [0.2, 0.25) is 17.7 Å². The third-order valence-corrected chi connectivity index (χ3v) is 9.02. The minimum Gasteiger partial charge on any atom is -0.395 e. The first-order chi connectivity index (χ1) is 16.0. The molecule has 3 N–H and O–H groups in total. The second-order valence-corrected chi connectivity index (χ2v) is 10.5. The molecule has 3 fully saturated rings. The molecule has 11 heteroatoms. The van der Waals surface area contributed by atoms with Crippen molar-refractivity contribution in [2.75, 3.05) is 19.7 Å². The zero-order valence-electron chi connectivity index (χ0n) is 18.4. The van der Waals surface area contributed by atoms with Gasteiger partial charge in [-0.05, 0) is 31.4 Å². The fourth-order valence-corrected chi connectivity index (χ4v) is 7.97. The van der Waals surface area contributed by atoms with E-state index in [2.05, 4.69) is 20.9 Å². The summed E-state index contributed by atoms with van der Waals surface area (Å²) in [7, 11) is 0. The van der Waals surface area contributed by atoms with Gasteiger partial charge in [-0.3, -0.25) is 14.4 Å². The fraction of sp³-hybridized carbons (Fsp3) is 0.591. The maximum absolute atomic E-state index is 13.5. The highest BCUT2D eigenvalue weighted by Gasteiger charge is 2.73. The van der Waals surface area contributed by atoms with E-state index in [1.54, 1.807) is 16.4 Å². The highest BCUT2D eigenvalue weighted by Crippen LogP contribution is 2.66. The molecule has 2 bridgehead atoms. The van der Waals surface area contributed by atoms with E-state index < -0.39 is 22.6 Å². The molecule has 5 rings (SSSR count). The van der Waals surface area contributed by atoms with Crippen LogP contribution in [0.2, 0.25) is 0 Å². The summed E-state index contributed by atoms with van der Waals surface area (Å²) in [5.74, 6) is -1.59. The summed E-state index contributed by atoms with van der Waals surface area (Å²) >= 11 is 1.61. The Morgan fingerprint density at radius 3 is 2.88 bits per heavy atom. The summed E-state index contributed by atoms with van der Waals surface area (Å²) < 4.78 is 0.954. The van der Waals surface area contributed by atoms with Crippen molar-refractivity contribution in [3.63, 3.8) is 0 Å². The number of amides is 3. The number of nitrogens with one attached hydrogen (secondary N) is 2. The van der Waals surface area contributed by atoms with Gasteiger partial charge in [0, 0.05) is 18.3 Å². The van der Waals surface area contributed by atoms with Crippen molar-refractivity contribution in [3.05, 3.63) is 24.3 Å². The van der Waals surface area contributed by atoms with Gasteiger partial charge in [0.15, 0.2) is 0 Å². The maximum Gasteiger partial charge on any atom is 0.245 e. The number of para-hydroxylation sites is 1. The van der Waals surface area contributed by atoms with Crippen molar-refractivity contribution in [2.24, 2.45) is 11.8 Å². The Balaban J connectivity index is 1.40. The average Bonchev–Trinajstić information content (AvgIpc) is 3.56. The number of thioether (sulfide) groups is 1. The Labute approximate surface area is 195 Å². The highest BCUT2D eigenvalue weighted by atomic mass is 32.2. The van der Waals surface area contributed by atoms with E-state index in [9.17, 15) is 19.5 Å². The van der Waals surface area contributed by atoms with Gasteiger partial charge >= 0.3 is 0 Å². The van der Waals surface area contributed by atoms with Crippen LogP contribution in [0.15, 0.2) is 24.3 Å². The van der Waals surface area contributed by atoms with Gasteiger partial charge in [-0.1, -0.05) is 24.3 Å². The minimum atomic E-state index is -0.740. The molecule has 4 heterocycles. The van der Waals surface area contributed by atoms with Crippen LogP contribution >= 0.6 is 11.8 Å². The van der Waals surface area contributed by atoms with Gasteiger partial charge in [-0.25, -0.2) is 4.68 Å². The second kappa shape index (κ2) is 8.60. The smallest absolute Gasteiger partial charge is 0.245 e. The number of carbonyl (C=O) groups excluding carboxylic acids is 3. The van der Waals surface area contributed by atoms with Gasteiger partial charge in [0.1, 0.15) is 18.2 Å². The lowest BCUT2D eigenvalue weighted by atomic mass is 9.70. The van der Waals surface area contributed by atoms with Gasteiger partial charge in [-0.15, -0.1) is 16.9 Å². The molecule has 3 amide bonds. The predicted octanol–water partition coefficient (Wildman–Crippen LogP) is 0.115. The highest BCUT2D eigenvalue weighted by molar-refractivity contribution is 8.02. The van der Waals surface area contributed by atoms with E-state index in [0.717, 1.165) is 23.9 Å². The van der Waals surface area contributed by atoms with Crippen molar-refractivity contribution >= 4 is 40.5 Å². The zero-order valence-corrected chi connectivity index (χ0v) is 19.3. The molecule has 1 spiro atoms. The molecule has 2 unspecified atom stereocenters. The lowest BCUT2D eigenvalue weighted by molar-refractivity contribution is -0.140. The number of nitrogens with zero attached hydrogens (tertiary/aromatic N) is 4. The molecule has 1 aromatic heterocycles. The first-order valence-electron chi connectivity index (χ1n) is 11.4. The van der Waals surface area contributed by atoms with Crippen LogP contribution in [-0.4, -0.2) is 78.5 Å². The van der Waals surface area contributed by atoms with Crippen LogP contribution in [0.4, 0.5) is 0 Å². The molecule has 33 heavy (non-hydrogen) atoms. The molecular weight excluding hydrogens is 444 g/mol. The number of benzene rings is 1. The third-order valence-electron chi connectivity index (χ3n) is 7.06. The summed E-state index contributed by atoms with van der Waals surface area (Å²) in [6.45, 7) is 2.49. The summed E-state index contributed by atoms with van der Waals surface area (Å²) in [5.41, 5.74) is 1.53. The molecule has 0 radical (unpaired) electrons. The number of rotatable bonds is 8. The van der Waals surface area contributed by atoms with Crippen molar-refractivity contribution in [3.8, 4) is 0 Å². The first kappa shape index (κ1) is 22.1. The van der Waals surface area contributed by atoms with Crippen LogP contribution < -0.4 is 10.6 Å². The number of aromatic nitrogens is 3. The van der Waals surface area contributed by atoms with Crippen molar-refractivity contribution < 1.29 is 19.5 Å². The molecule has 3 aliphatic heterocycles. The summed E-state index contributed by atoms with van der Waals surface area (Å²) in [5, 5.41) is 23.8. The molecule has 5 atom stereocenters. The van der Waals surface area contributed by atoms with Gasteiger partial charge in [-0.2, -0.15) is 0 Å². The molecule has 176 valence electrons. The van der Waals surface area contributed by atoms with Crippen LogP contribution in [0, 0.1) is 11.8 Å². The summed E-state index contributed by atoms with van der Waals surface area (Å²) in [4.78, 5) is 41.4. The number of likely N-dealkylation sites (tertiary alicyclic amines) is 1. The largest absolute Gasteiger partial charge is 0.395 e. The predicted molar refractivity (Wildman–Crippen MR) is 122 cm³/mol. The second-order valence-electron chi connectivity index (χ2n) is 8.88. The van der Waals surface area contributed by atoms with Crippen LogP contribution in [0.5, 0.6) is 0 Å². The molecule has 1 aromatic carbocycles. The molecule has 0 saturated carbocycles. The third kappa shape index (κ3) is 3.40. The average molecular weight is 473 g/mol. The summed E-state index contributed by atoms with van der Waals surface area (Å²) in [6.07, 6.45) is 2.31. The quantitative estimate of drug-likeness (QED) is 0.497. The molecule has 2 aromatic rings. The van der Waals surface area contributed by atoms with Gasteiger partial charge in [0.05, 0.1) is 28.7 Å². The molecule has 0 aliphatic carbocycles. The Bertz CT molecular complexity index is 1090. The number of fused-ring (bicyclic) bond motifs is 2. The van der Waals surface area contributed by atoms with Crippen LogP contribution in [0.3, 0.4) is 0 Å². The van der Waals surface area contributed by atoms with E-state index in [4.69, 9.17) is 0 Å². The number of carbonyl (C=O) groups is 3. The van der Waals surface area contributed by atoms with E-state index >= 15 is 0 Å². The van der Waals surface area contributed by atoms with Crippen LogP contribution in [0.25, 0.3) is 11.0 Å². The van der Waals surface area contributed by atoms with Crippen LogP contribution in [-0.2, 0) is 21.1 Å². The standard InChI is InChI=1S/C22H28N6O4S/c1-2-9-23-19(30)16-15-7-8-22(33-15)17(16)21(32)27(10-11-29)18(22)20(31)24-12-28-14-6-4-3-5-13(14)25-26-28/h3-6,15-18,29H,2,7-12H2,1H3,(H,23,30)(H,24,31)/t15-,16+,17-,18?,22?/m0/s1. The van der Waals surface area contributed by atoms with E-state index in [-0.39, 0.29) is 42.8 Å². The van der Waals surface area contributed by atoms with E-state index in [0.29, 0.717) is 13.0 Å². The number of aliphatic hydroxyl groups is 1. The van der Waals surface area contributed by atoms with Gasteiger partial charge in [0.25, 0.3) is 0 Å². The van der Waals surface area contributed by atoms with Crippen molar-refractivity contribution in [2.45, 2.75) is 48.9 Å². The van der Waals surface area contributed by atoms with Crippen molar-refractivity contribution in [1.82, 2.24) is 30.5 Å². The van der Waals surface area contributed by atoms with E-state index in [1.165, 1.54) is 4.90 Å². The lowest BCUT2D eigenvalue weighted by Gasteiger charge is -2.34. The SMILES string of the molecule is CCCNC(=O)[C@@H]1[C@@H]2CCC3(S2)C(C(=O)NCn2nnc4ccccc42)N(CCO)C(=O)[C@H]13. The van der Waals surface area contributed by atoms with Crippen molar-refractivity contribution in [1.29, 1.82) is 0 Å². The Hall–Kier alpha value is -2.66. The molecule has 3 aliphatic rings. The normalized spacial score (nSPS) is 30.1. The molecule has 10 nitrogen and oxygen atoms in total. The maximum atomic E-state index is 13.5. The topological polar surface area (TPSA) is 129 Å². The lowest BCUT2D eigenvalue weighted by Crippen LogP contribution is -2.54.